The second-order valence-corrected chi connectivity index (χ2v) is 6.96. The minimum atomic E-state index is -0.232. The minimum Gasteiger partial charge on any atom is -0.453 e. The lowest BCUT2D eigenvalue weighted by molar-refractivity contribution is -0.150. The van der Waals surface area contributed by atoms with Crippen molar-refractivity contribution in [1.82, 2.24) is 0 Å². The number of carbonyl (C=O) groups excluding carboxylic acids is 1. The van der Waals surface area contributed by atoms with E-state index in [1.807, 2.05) is 30.4 Å². The predicted molar refractivity (Wildman–Crippen MR) is 88.8 cm³/mol. The fourth-order valence-electron chi connectivity index (χ4n) is 3.35. The van der Waals surface area contributed by atoms with Crippen LogP contribution in [0.5, 0.6) is 0 Å². The summed E-state index contributed by atoms with van der Waals surface area (Å²) in [6.45, 7) is 2.06. The van der Waals surface area contributed by atoms with Gasteiger partial charge in [-0.2, -0.15) is 0 Å². The summed E-state index contributed by atoms with van der Waals surface area (Å²) >= 11 is 1.75. The highest BCUT2D eigenvalue weighted by Gasteiger charge is 2.44. The van der Waals surface area contributed by atoms with Crippen LogP contribution in [-0.2, 0) is 9.53 Å². The Morgan fingerprint density at radius 2 is 2.05 bits per heavy atom. The van der Waals surface area contributed by atoms with Crippen LogP contribution in [0, 0.1) is 5.92 Å². The van der Waals surface area contributed by atoms with Gasteiger partial charge in [-0.1, -0.05) is 42.1 Å². The highest BCUT2D eigenvalue weighted by molar-refractivity contribution is 8.00. The molecular formula is C18H17NO2S. The number of fused-ring (bicyclic) bond motifs is 2. The van der Waals surface area contributed by atoms with E-state index in [9.17, 15) is 4.79 Å². The lowest BCUT2D eigenvalue weighted by Crippen LogP contribution is -2.43. The Balaban J connectivity index is 1.73. The van der Waals surface area contributed by atoms with Gasteiger partial charge in [-0.3, -0.25) is 4.79 Å². The van der Waals surface area contributed by atoms with Crippen molar-refractivity contribution in [1.29, 1.82) is 0 Å². The number of anilines is 1. The molecule has 0 amide bonds. The Hall–Kier alpha value is -1.94. The fraction of sp³-hybridized carbons (Fsp3) is 0.278. The molecule has 0 aromatic heterocycles. The smallest absolute Gasteiger partial charge is 0.317 e. The number of rotatable bonds is 1. The van der Waals surface area contributed by atoms with E-state index in [-0.39, 0.29) is 23.4 Å². The van der Waals surface area contributed by atoms with Crippen molar-refractivity contribution in [3.05, 3.63) is 59.7 Å². The van der Waals surface area contributed by atoms with Crippen molar-refractivity contribution in [3.63, 3.8) is 0 Å². The Morgan fingerprint density at radius 1 is 1.23 bits per heavy atom. The van der Waals surface area contributed by atoms with Crippen molar-refractivity contribution in [3.8, 4) is 0 Å². The Morgan fingerprint density at radius 3 is 2.86 bits per heavy atom. The summed E-state index contributed by atoms with van der Waals surface area (Å²) in [6.07, 6.45) is 7.72. The van der Waals surface area contributed by atoms with E-state index in [1.165, 1.54) is 10.6 Å². The number of carbonyl (C=O) groups is 1. The first-order chi connectivity index (χ1) is 10.7. The Bertz CT molecular complexity index is 734. The lowest BCUT2D eigenvalue weighted by Gasteiger charge is -2.35. The van der Waals surface area contributed by atoms with Crippen LogP contribution in [0.3, 0.4) is 0 Å². The van der Waals surface area contributed by atoms with Gasteiger partial charge in [0, 0.05) is 11.9 Å². The number of allylic oxidation sites excluding steroid dienone is 2. The molecule has 4 heteroatoms. The van der Waals surface area contributed by atoms with E-state index in [0.29, 0.717) is 0 Å². The molecule has 0 fully saturated rings. The number of esters is 1. The predicted octanol–water partition coefficient (Wildman–Crippen LogP) is 3.54. The van der Waals surface area contributed by atoms with Crippen LogP contribution < -0.4 is 4.90 Å². The molecule has 0 bridgehead atoms. The number of nitrogens with zero attached hydrogens (tertiary/aromatic N) is 1. The number of hydrogen-bond acceptors (Lipinski definition) is 4. The van der Waals surface area contributed by atoms with Crippen molar-refractivity contribution in [2.75, 3.05) is 11.9 Å². The molecule has 1 aromatic carbocycles. The van der Waals surface area contributed by atoms with Gasteiger partial charge >= 0.3 is 5.97 Å². The first kappa shape index (κ1) is 13.7. The molecule has 0 N–H and O–H groups in total. The maximum atomic E-state index is 12.6. The molecule has 1 aliphatic carbocycles. The van der Waals surface area contributed by atoms with Gasteiger partial charge in [0.05, 0.1) is 11.1 Å². The van der Waals surface area contributed by atoms with Gasteiger partial charge < -0.3 is 9.64 Å². The van der Waals surface area contributed by atoms with Crippen molar-refractivity contribution in [2.24, 2.45) is 5.92 Å². The molecule has 4 rings (SSSR count). The normalized spacial score (nSPS) is 29.5. The van der Waals surface area contributed by atoms with Gasteiger partial charge in [0.1, 0.15) is 12.0 Å². The number of para-hydroxylation sites is 1. The van der Waals surface area contributed by atoms with Gasteiger partial charge in [-0.05, 0) is 36.3 Å². The molecule has 0 saturated heterocycles. The minimum absolute atomic E-state index is 0.0534. The van der Waals surface area contributed by atoms with Crippen LogP contribution >= 0.6 is 11.8 Å². The maximum Gasteiger partial charge on any atom is 0.317 e. The van der Waals surface area contributed by atoms with Crippen molar-refractivity contribution in [2.45, 2.75) is 23.3 Å². The van der Waals surface area contributed by atoms with Gasteiger partial charge in [-0.15, -0.1) is 0 Å². The summed E-state index contributed by atoms with van der Waals surface area (Å²) in [4.78, 5) is 16.0. The second kappa shape index (κ2) is 5.06. The molecule has 1 aromatic rings. The number of ether oxygens (including phenoxy) is 1. The van der Waals surface area contributed by atoms with E-state index in [2.05, 4.69) is 37.1 Å². The second-order valence-electron chi connectivity index (χ2n) is 5.80. The molecule has 3 aliphatic rings. The summed E-state index contributed by atoms with van der Waals surface area (Å²) in [5.41, 5.74) is 3.43. The highest BCUT2D eigenvalue weighted by Crippen LogP contribution is 2.48. The van der Waals surface area contributed by atoms with E-state index >= 15 is 0 Å². The molecule has 3 unspecified atom stereocenters. The van der Waals surface area contributed by atoms with Crippen LogP contribution in [0.15, 0.2) is 64.6 Å². The molecule has 3 nitrogen and oxygen atoms in total. The average molecular weight is 311 g/mol. The molecule has 2 heterocycles. The molecule has 0 spiro atoms. The largest absolute Gasteiger partial charge is 0.453 e. The SMILES string of the molecule is CC1=C2C=CC=CC2OC(=O)C1C1Sc2ccccc2N1C. The summed E-state index contributed by atoms with van der Waals surface area (Å²) in [5.74, 6) is -0.354. The lowest BCUT2D eigenvalue weighted by atomic mass is 9.87. The van der Waals surface area contributed by atoms with Gasteiger partial charge in [-0.25, -0.2) is 0 Å². The fourth-order valence-corrected chi connectivity index (χ4v) is 4.83. The summed E-state index contributed by atoms with van der Waals surface area (Å²) in [5, 5.41) is 0.0534. The third-order valence-electron chi connectivity index (χ3n) is 4.56. The zero-order chi connectivity index (χ0) is 15.3. The average Bonchev–Trinajstić information content (AvgIpc) is 2.85. The molecule has 0 saturated carbocycles. The number of benzene rings is 1. The summed E-state index contributed by atoms with van der Waals surface area (Å²) in [7, 11) is 2.05. The van der Waals surface area contributed by atoms with Gasteiger partial charge in [0.15, 0.2) is 0 Å². The zero-order valence-electron chi connectivity index (χ0n) is 12.5. The summed E-state index contributed by atoms with van der Waals surface area (Å²) < 4.78 is 5.66. The third-order valence-corrected chi connectivity index (χ3v) is 5.99. The van der Waals surface area contributed by atoms with E-state index in [0.717, 1.165) is 11.1 Å². The zero-order valence-corrected chi connectivity index (χ0v) is 13.3. The van der Waals surface area contributed by atoms with Crippen molar-refractivity contribution >= 4 is 23.4 Å². The third kappa shape index (κ3) is 1.94. The van der Waals surface area contributed by atoms with Crippen LogP contribution in [0.4, 0.5) is 5.69 Å². The summed E-state index contributed by atoms with van der Waals surface area (Å²) in [6, 6.07) is 8.29. The Labute approximate surface area is 134 Å². The molecule has 22 heavy (non-hydrogen) atoms. The first-order valence-electron chi connectivity index (χ1n) is 7.41. The van der Waals surface area contributed by atoms with E-state index in [1.54, 1.807) is 11.8 Å². The molecular weight excluding hydrogens is 294 g/mol. The van der Waals surface area contributed by atoms with E-state index in [4.69, 9.17) is 4.74 Å². The molecule has 2 aliphatic heterocycles. The number of hydrogen-bond donors (Lipinski definition) is 0. The topological polar surface area (TPSA) is 29.5 Å². The van der Waals surface area contributed by atoms with Crippen molar-refractivity contribution < 1.29 is 9.53 Å². The van der Waals surface area contributed by atoms with Crippen LogP contribution in [0.2, 0.25) is 0 Å². The molecule has 112 valence electrons. The standard InChI is InChI=1S/C18H17NO2S/c1-11-12-7-3-5-9-14(12)21-18(20)16(11)17-19(2)13-8-4-6-10-15(13)22-17/h3-10,14,16-17H,1-2H3. The van der Waals surface area contributed by atoms with Gasteiger partial charge in [0.25, 0.3) is 0 Å². The highest BCUT2D eigenvalue weighted by atomic mass is 32.2. The Kier molecular flexibility index (Phi) is 3.15. The maximum absolute atomic E-state index is 12.6. The van der Waals surface area contributed by atoms with E-state index < -0.39 is 0 Å². The monoisotopic (exact) mass is 311 g/mol. The quantitative estimate of drug-likeness (QED) is 0.742. The molecule has 3 atom stereocenters. The molecule has 0 radical (unpaired) electrons. The number of thioether (sulfide) groups is 1. The van der Waals surface area contributed by atoms with Crippen LogP contribution in [-0.4, -0.2) is 24.5 Å². The van der Waals surface area contributed by atoms with Crippen LogP contribution in [0.1, 0.15) is 6.92 Å². The first-order valence-corrected chi connectivity index (χ1v) is 8.29. The van der Waals surface area contributed by atoms with Crippen LogP contribution in [0.25, 0.3) is 0 Å². The van der Waals surface area contributed by atoms with Gasteiger partial charge in [0.2, 0.25) is 0 Å².